The van der Waals surface area contributed by atoms with E-state index in [2.05, 4.69) is 10.2 Å². The Morgan fingerprint density at radius 2 is 1.91 bits per heavy atom. The number of halogens is 1. The summed E-state index contributed by atoms with van der Waals surface area (Å²) in [5.41, 5.74) is 0.961. The molecule has 1 aliphatic heterocycles. The number of nitrogens with one attached hydrogen (secondary N) is 1. The zero-order valence-electron chi connectivity index (χ0n) is 14.5. The van der Waals surface area contributed by atoms with Crippen molar-refractivity contribution in [3.05, 3.63) is 30.3 Å². The van der Waals surface area contributed by atoms with Crippen molar-refractivity contribution in [3.63, 3.8) is 0 Å². The fourth-order valence-corrected chi connectivity index (χ4v) is 3.19. The summed E-state index contributed by atoms with van der Waals surface area (Å²) >= 11 is 0. The van der Waals surface area contributed by atoms with Crippen LogP contribution in [0.1, 0.15) is 26.2 Å². The van der Waals surface area contributed by atoms with Crippen LogP contribution < -0.4 is 10.2 Å². The third-order valence-electron chi connectivity index (χ3n) is 4.83. The maximum Gasteiger partial charge on any atom is 0.243 e. The van der Waals surface area contributed by atoms with Gasteiger partial charge in [-0.05, 0) is 70.9 Å². The van der Waals surface area contributed by atoms with E-state index in [0.29, 0.717) is 0 Å². The number of likely N-dealkylation sites (tertiary alicyclic amines) is 1. The van der Waals surface area contributed by atoms with Crippen LogP contribution in [0.4, 0.5) is 5.69 Å². The summed E-state index contributed by atoms with van der Waals surface area (Å²) in [6.45, 7) is 5.19. The maximum atomic E-state index is 12.7. The number of para-hydroxylation sites is 1. The first-order valence-corrected chi connectivity index (χ1v) is 8.34. The van der Waals surface area contributed by atoms with Crippen molar-refractivity contribution in [1.82, 2.24) is 10.2 Å². The number of hydrogen-bond donors (Lipinski definition) is 1. The number of carbonyl (C=O) groups excluding carboxylic acids is 1. The lowest BCUT2D eigenvalue weighted by Gasteiger charge is -2.36. The highest BCUT2D eigenvalue weighted by atomic mass is 35.5. The molecule has 0 bridgehead atoms. The maximum absolute atomic E-state index is 12.7. The smallest absolute Gasteiger partial charge is 0.243 e. The molecule has 4 nitrogen and oxygen atoms in total. The number of rotatable bonds is 6. The van der Waals surface area contributed by atoms with Crippen LogP contribution in [-0.2, 0) is 4.79 Å². The van der Waals surface area contributed by atoms with E-state index in [4.69, 9.17) is 0 Å². The summed E-state index contributed by atoms with van der Waals surface area (Å²) in [6.07, 6.45) is 3.65. The van der Waals surface area contributed by atoms with Gasteiger partial charge in [0, 0.05) is 12.7 Å². The van der Waals surface area contributed by atoms with Crippen molar-refractivity contribution in [2.24, 2.45) is 5.92 Å². The highest BCUT2D eigenvalue weighted by Gasteiger charge is 2.28. The standard InChI is InChI=1S/C18H29N3O.ClH/c1-15(18(22)20(3)17-7-5-4-6-8-17)21-13-10-16(11-14-21)9-12-19-2;/h4-8,15-16,19H,9-14H2,1-3H3;1H. The van der Waals surface area contributed by atoms with Crippen LogP contribution in [0, 0.1) is 5.92 Å². The van der Waals surface area contributed by atoms with Gasteiger partial charge in [-0.15, -0.1) is 12.4 Å². The summed E-state index contributed by atoms with van der Waals surface area (Å²) in [5.74, 6) is 0.984. The first kappa shape index (κ1) is 19.9. The van der Waals surface area contributed by atoms with Gasteiger partial charge in [-0.3, -0.25) is 9.69 Å². The van der Waals surface area contributed by atoms with Crippen LogP contribution in [-0.4, -0.2) is 50.6 Å². The molecular formula is C18H30ClN3O. The van der Waals surface area contributed by atoms with E-state index >= 15 is 0 Å². The van der Waals surface area contributed by atoms with Crippen LogP contribution >= 0.6 is 12.4 Å². The van der Waals surface area contributed by atoms with Crippen molar-refractivity contribution >= 4 is 24.0 Å². The lowest BCUT2D eigenvalue weighted by atomic mass is 9.92. The third kappa shape index (κ3) is 5.48. The fraction of sp³-hybridized carbons (Fsp3) is 0.611. The number of hydrogen-bond acceptors (Lipinski definition) is 3. The normalized spacial score (nSPS) is 17.3. The third-order valence-corrected chi connectivity index (χ3v) is 4.83. The molecule has 1 amide bonds. The molecule has 0 spiro atoms. The van der Waals surface area contributed by atoms with Gasteiger partial charge in [-0.2, -0.15) is 0 Å². The molecule has 130 valence electrons. The van der Waals surface area contributed by atoms with E-state index in [1.807, 2.05) is 51.4 Å². The topological polar surface area (TPSA) is 35.6 Å². The average Bonchev–Trinajstić information content (AvgIpc) is 2.59. The summed E-state index contributed by atoms with van der Waals surface area (Å²) in [5, 5.41) is 3.23. The summed E-state index contributed by atoms with van der Waals surface area (Å²) in [7, 11) is 3.88. The van der Waals surface area contributed by atoms with Gasteiger partial charge in [-0.25, -0.2) is 0 Å². The Hall–Kier alpha value is -1.10. The minimum Gasteiger partial charge on any atom is -0.320 e. The number of nitrogens with zero attached hydrogens (tertiary/aromatic N) is 2. The van der Waals surface area contributed by atoms with Gasteiger partial charge in [0.05, 0.1) is 6.04 Å². The molecule has 0 aliphatic carbocycles. The molecule has 0 aromatic heterocycles. The van der Waals surface area contributed by atoms with Gasteiger partial charge in [0.1, 0.15) is 0 Å². The molecule has 1 heterocycles. The second-order valence-electron chi connectivity index (χ2n) is 6.28. The molecule has 1 N–H and O–H groups in total. The van der Waals surface area contributed by atoms with E-state index in [9.17, 15) is 4.79 Å². The highest BCUT2D eigenvalue weighted by molar-refractivity contribution is 5.96. The van der Waals surface area contributed by atoms with Gasteiger partial charge in [0.2, 0.25) is 5.91 Å². The Balaban J connectivity index is 0.00000264. The van der Waals surface area contributed by atoms with Gasteiger partial charge in [0.25, 0.3) is 0 Å². The lowest BCUT2D eigenvalue weighted by Crippen LogP contribution is -2.49. The van der Waals surface area contributed by atoms with Gasteiger partial charge < -0.3 is 10.2 Å². The molecule has 1 aromatic carbocycles. The Labute approximate surface area is 146 Å². The van der Waals surface area contributed by atoms with Crippen molar-refractivity contribution < 1.29 is 4.79 Å². The van der Waals surface area contributed by atoms with Crippen molar-refractivity contribution in [2.75, 3.05) is 38.6 Å². The van der Waals surface area contributed by atoms with Crippen LogP contribution in [0.25, 0.3) is 0 Å². The number of piperidine rings is 1. The van der Waals surface area contributed by atoms with Crippen LogP contribution in [0.5, 0.6) is 0 Å². The van der Waals surface area contributed by atoms with Gasteiger partial charge in [-0.1, -0.05) is 18.2 Å². The zero-order valence-corrected chi connectivity index (χ0v) is 15.3. The fourth-order valence-electron chi connectivity index (χ4n) is 3.19. The highest BCUT2D eigenvalue weighted by Crippen LogP contribution is 2.22. The SMILES string of the molecule is CNCCC1CCN(C(C)C(=O)N(C)c2ccccc2)CC1.Cl. The van der Waals surface area contributed by atoms with E-state index in [-0.39, 0.29) is 24.4 Å². The van der Waals surface area contributed by atoms with Crippen molar-refractivity contribution in [2.45, 2.75) is 32.2 Å². The minimum absolute atomic E-state index is 0. The Morgan fingerprint density at radius 3 is 2.48 bits per heavy atom. The predicted octanol–water partition coefficient (Wildman–Crippen LogP) is 2.78. The molecule has 1 unspecified atom stereocenters. The molecule has 1 aromatic rings. The molecule has 1 fully saturated rings. The van der Waals surface area contributed by atoms with Gasteiger partial charge in [0.15, 0.2) is 0 Å². The summed E-state index contributed by atoms with van der Waals surface area (Å²) in [6, 6.07) is 9.83. The van der Waals surface area contributed by atoms with E-state index in [0.717, 1.165) is 31.2 Å². The quantitative estimate of drug-likeness (QED) is 0.865. The molecular weight excluding hydrogens is 310 g/mol. The monoisotopic (exact) mass is 339 g/mol. The molecule has 1 saturated heterocycles. The first-order chi connectivity index (χ1) is 10.6. The molecule has 5 heteroatoms. The second-order valence-corrected chi connectivity index (χ2v) is 6.28. The van der Waals surface area contributed by atoms with E-state index in [1.165, 1.54) is 19.3 Å². The van der Waals surface area contributed by atoms with E-state index in [1.54, 1.807) is 4.90 Å². The number of anilines is 1. The number of amides is 1. The Morgan fingerprint density at radius 1 is 1.30 bits per heavy atom. The van der Waals surface area contributed by atoms with E-state index < -0.39 is 0 Å². The Kier molecular flexibility index (Phi) is 8.59. The second kappa shape index (κ2) is 9.91. The molecule has 0 saturated carbocycles. The summed E-state index contributed by atoms with van der Waals surface area (Å²) < 4.78 is 0. The molecule has 1 aliphatic rings. The van der Waals surface area contributed by atoms with Crippen LogP contribution in [0.3, 0.4) is 0 Å². The molecule has 2 rings (SSSR count). The largest absolute Gasteiger partial charge is 0.320 e. The first-order valence-electron chi connectivity index (χ1n) is 8.34. The average molecular weight is 340 g/mol. The van der Waals surface area contributed by atoms with Crippen molar-refractivity contribution in [1.29, 1.82) is 0 Å². The number of carbonyl (C=O) groups is 1. The van der Waals surface area contributed by atoms with Crippen LogP contribution in [0.15, 0.2) is 30.3 Å². The lowest BCUT2D eigenvalue weighted by molar-refractivity contribution is -0.123. The Bertz CT molecular complexity index is 461. The molecule has 0 radical (unpaired) electrons. The summed E-state index contributed by atoms with van der Waals surface area (Å²) in [4.78, 5) is 16.8. The molecule has 1 atom stereocenters. The van der Waals surface area contributed by atoms with Gasteiger partial charge >= 0.3 is 0 Å². The number of benzene rings is 1. The molecule has 23 heavy (non-hydrogen) atoms. The predicted molar refractivity (Wildman–Crippen MR) is 99.4 cm³/mol. The zero-order chi connectivity index (χ0) is 15.9. The minimum atomic E-state index is -0.0459. The van der Waals surface area contributed by atoms with Crippen LogP contribution in [0.2, 0.25) is 0 Å². The number of likely N-dealkylation sites (N-methyl/N-ethyl adjacent to an activating group) is 1. The van der Waals surface area contributed by atoms with Crippen molar-refractivity contribution in [3.8, 4) is 0 Å².